The number of hydrogen-bond donors (Lipinski definition) is 0. The summed E-state index contributed by atoms with van der Waals surface area (Å²) >= 11 is 0. The molecular weight excluding hydrogens is 285 g/mol. The average molecular weight is 303 g/mol. The number of quaternary nitrogens is 1. The van der Waals surface area contributed by atoms with Gasteiger partial charge < -0.3 is 28.5 Å². The van der Waals surface area contributed by atoms with Gasteiger partial charge in [-0.3, -0.25) is 0 Å². The minimum Gasteiger partial charge on any atom is -1.00 e. The number of benzene rings is 1. The highest BCUT2D eigenvalue weighted by atomic mass is 127. The molecule has 2 heteroatoms. The zero-order valence-electron chi connectivity index (χ0n) is 9.13. The van der Waals surface area contributed by atoms with Crippen molar-refractivity contribution in [2.45, 2.75) is 25.9 Å². The molecule has 0 bridgehead atoms. The highest BCUT2D eigenvalue weighted by Gasteiger charge is 2.36. The lowest BCUT2D eigenvalue weighted by atomic mass is 10.0. The Hall–Kier alpha value is -0.0900. The highest BCUT2D eigenvalue weighted by molar-refractivity contribution is 5.31. The summed E-state index contributed by atoms with van der Waals surface area (Å²) in [6.45, 7) is 3.47. The molecule has 0 spiro atoms. The molecule has 0 unspecified atom stereocenters. The molecule has 14 heavy (non-hydrogen) atoms. The summed E-state index contributed by atoms with van der Waals surface area (Å²) in [6, 6.07) is 9.57. The predicted octanol–water partition coefficient (Wildman–Crippen LogP) is -0.268. The van der Waals surface area contributed by atoms with Gasteiger partial charge in [0.05, 0.1) is 14.1 Å². The number of fused-ring (bicyclic) bond motifs is 1. The molecule has 1 aliphatic rings. The lowest BCUT2D eigenvalue weighted by molar-refractivity contribution is -0.927. The van der Waals surface area contributed by atoms with E-state index in [1.807, 2.05) is 0 Å². The molecule has 1 heterocycles. The quantitative estimate of drug-likeness (QED) is 0.495. The van der Waals surface area contributed by atoms with Crippen LogP contribution in [-0.2, 0) is 6.54 Å². The Morgan fingerprint density at radius 2 is 1.93 bits per heavy atom. The molecule has 1 atom stereocenters. The van der Waals surface area contributed by atoms with E-state index >= 15 is 0 Å². The van der Waals surface area contributed by atoms with Crippen molar-refractivity contribution in [2.24, 2.45) is 0 Å². The molecule has 0 saturated carbocycles. The molecule has 0 fully saturated rings. The van der Waals surface area contributed by atoms with Gasteiger partial charge in [0.15, 0.2) is 0 Å². The molecule has 0 aliphatic carbocycles. The van der Waals surface area contributed by atoms with E-state index in [0.717, 1.165) is 4.48 Å². The van der Waals surface area contributed by atoms with Crippen molar-refractivity contribution >= 4 is 0 Å². The minimum absolute atomic E-state index is 0. The molecule has 0 saturated heterocycles. The monoisotopic (exact) mass is 303 g/mol. The van der Waals surface area contributed by atoms with Crippen LogP contribution < -0.4 is 24.0 Å². The van der Waals surface area contributed by atoms with Crippen LogP contribution in [0.5, 0.6) is 0 Å². The van der Waals surface area contributed by atoms with Crippen LogP contribution in [0.4, 0.5) is 0 Å². The van der Waals surface area contributed by atoms with Gasteiger partial charge in [0, 0.05) is 17.5 Å². The van der Waals surface area contributed by atoms with Crippen LogP contribution in [0.25, 0.3) is 0 Å². The Morgan fingerprint density at radius 3 is 2.57 bits per heavy atom. The van der Waals surface area contributed by atoms with Gasteiger partial charge in [-0.05, 0) is 0 Å². The van der Waals surface area contributed by atoms with Crippen LogP contribution in [0.2, 0.25) is 0 Å². The number of rotatable bonds is 1. The molecular formula is C12H18IN. The van der Waals surface area contributed by atoms with Crippen LogP contribution in [-0.4, -0.2) is 18.6 Å². The van der Waals surface area contributed by atoms with Crippen LogP contribution >= 0.6 is 0 Å². The fourth-order valence-corrected chi connectivity index (χ4v) is 2.64. The summed E-state index contributed by atoms with van der Waals surface area (Å²) in [5.74, 6) is 0. The Kier molecular flexibility index (Phi) is 3.58. The molecule has 78 valence electrons. The zero-order chi connectivity index (χ0) is 9.47. The highest BCUT2D eigenvalue weighted by Crippen LogP contribution is 2.39. The zero-order valence-corrected chi connectivity index (χ0v) is 11.3. The normalized spacial score (nSPS) is 22.6. The molecule has 0 aromatic heterocycles. The first-order valence-electron chi connectivity index (χ1n) is 5.05. The second kappa shape index (κ2) is 4.19. The Labute approximate surface area is 104 Å². The van der Waals surface area contributed by atoms with Gasteiger partial charge in [-0.1, -0.05) is 31.2 Å². The summed E-state index contributed by atoms with van der Waals surface area (Å²) < 4.78 is 1.12. The van der Waals surface area contributed by atoms with Crippen molar-refractivity contribution in [2.75, 3.05) is 14.1 Å². The fourth-order valence-electron chi connectivity index (χ4n) is 2.64. The van der Waals surface area contributed by atoms with E-state index in [9.17, 15) is 0 Å². The first-order valence-corrected chi connectivity index (χ1v) is 5.05. The van der Waals surface area contributed by atoms with Crippen LogP contribution in [0.15, 0.2) is 24.3 Å². The Bertz CT molecular complexity index is 320. The van der Waals surface area contributed by atoms with Gasteiger partial charge >= 0.3 is 0 Å². The van der Waals surface area contributed by atoms with Gasteiger partial charge in [-0.2, -0.15) is 0 Å². The third kappa shape index (κ3) is 1.82. The van der Waals surface area contributed by atoms with Crippen molar-refractivity contribution in [3.63, 3.8) is 0 Å². The Morgan fingerprint density at radius 1 is 1.29 bits per heavy atom. The lowest BCUT2D eigenvalue weighted by Crippen LogP contribution is -3.00. The van der Waals surface area contributed by atoms with E-state index < -0.39 is 0 Å². The number of hydrogen-bond acceptors (Lipinski definition) is 0. The average Bonchev–Trinajstić information content (AvgIpc) is 2.33. The summed E-state index contributed by atoms with van der Waals surface area (Å²) in [7, 11) is 4.66. The van der Waals surface area contributed by atoms with Crippen molar-refractivity contribution in [3.05, 3.63) is 35.4 Å². The topological polar surface area (TPSA) is 0 Å². The van der Waals surface area contributed by atoms with Gasteiger partial charge in [0.2, 0.25) is 0 Å². The van der Waals surface area contributed by atoms with Crippen molar-refractivity contribution in [1.29, 1.82) is 0 Å². The summed E-state index contributed by atoms with van der Waals surface area (Å²) in [5, 5.41) is 0. The second-order valence-corrected chi connectivity index (χ2v) is 4.56. The fraction of sp³-hybridized carbons (Fsp3) is 0.500. The van der Waals surface area contributed by atoms with Crippen LogP contribution in [0, 0.1) is 0 Å². The molecule has 1 aromatic rings. The predicted molar refractivity (Wildman–Crippen MR) is 55.3 cm³/mol. The van der Waals surface area contributed by atoms with Crippen molar-refractivity contribution < 1.29 is 28.5 Å². The largest absolute Gasteiger partial charge is 1.00 e. The van der Waals surface area contributed by atoms with E-state index in [2.05, 4.69) is 45.3 Å². The molecule has 0 radical (unpaired) electrons. The third-order valence-corrected chi connectivity index (χ3v) is 3.22. The van der Waals surface area contributed by atoms with Gasteiger partial charge in [-0.15, -0.1) is 0 Å². The lowest BCUT2D eigenvalue weighted by Gasteiger charge is -2.31. The summed E-state index contributed by atoms with van der Waals surface area (Å²) in [6.07, 6.45) is 1.24. The molecule has 1 aromatic carbocycles. The maximum atomic E-state index is 2.33. The van der Waals surface area contributed by atoms with E-state index in [1.54, 1.807) is 11.1 Å². The van der Waals surface area contributed by atoms with Crippen molar-refractivity contribution in [3.8, 4) is 0 Å². The first-order chi connectivity index (χ1) is 6.15. The number of nitrogens with zero attached hydrogens (tertiary/aromatic N) is 1. The van der Waals surface area contributed by atoms with E-state index in [4.69, 9.17) is 0 Å². The van der Waals surface area contributed by atoms with Gasteiger partial charge in [-0.25, -0.2) is 0 Å². The summed E-state index contributed by atoms with van der Waals surface area (Å²) in [5.41, 5.74) is 3.11. The molecule has 1 aliphatic heterocycles. The van der Waals surface area contributed by atoms with Crippen molar-refractivity contribution in [1.82, 2.24) is 0 Å². The molecule has 2 rings (SSSR count). The van der Waals surface area contributed by atoms with E-state index in [1.165, 1.54) is 13.0 Å². The van der Waals surface area contributed by atoms with E-state index in [-0.39, 0.29) is 24.0 Å². The molecule has 0 N–H and O–H groups in total. The van der Waals surface area contributed by atoms with E-state index in [0.29, 0.717) is 6.04 Å². The minimum atomic E-state index is 0. The van der Waals surface area contributed by atoms with Crippen LogP contribution in [0.3, 0.4) is 0 Å². The third-order valence-electron chi connectivity index (χ3n) is 3.22. The van der Waals surface area contributed by atoms with Gasteiger partial charge in [0.25, 0.3) is 0 Å². The number of halogens is 1. The van der Waals surface area contributed by atoms with Gasteiger partial charge in [0.1, 0.15) is 12.6 Å². The maximum absolute atomic E-state index is 2.33. The first kappa shape index (κ1) is 12.0. The SMILES string of the molecule is CC[C@H]1c2ccccc2C[N+]1(C)C.[I-]. The maximum Gasteiger partial charge on any atom is 0.115 e. The summed E-state index contributed by atoms with van der Waals surface area (Å²) in [4.78, 5) is 0. The standard InChI is InChI=1S/C12H18N.HI/c1-4-12-11-8-6-5-7-10(11)9-13(12,2)3;/h5-8,12H,4,9H2,1-3H3;1H/q+1;/p-1/t12-;/m0./s1. The second-order valence-electron chi connectivity index (χ2n) is 4.56. The smallest absolute Gasteiger partial charge is 0.115 e. The Balaban J connectivity index is 0.000000980. The molecule has 0 amide bonds. The van der Waals surface area contributed by atoms with Crippen LogP contribution in [0.1, 0.15) is 30.5 Å². The molecule has 1 nitrogen and oxygen atoms in total.